The molecular weight excluding hydrogens is 372 g/mol. The van der Waals surface area contributed by atoms with Crippen LogP contribution in [0.4, 0.5) is 4.79 Å². The van der Waals surface area contributed by atoms with E-state index in [1.54, 1.807) is 12.4 Å². The predicted molar refractivity (Wildman–Crippen MR) is 106 cm³/mol. The number of rotatable bonds is 6. The molecule has 2 N–H and O–H groups in total. The second-order valence-electron chi connectivity index (χ2n) is 7.36. The van der Waals surface area contributed by atoms with Crippen molar-refractivity contribution in [3.63, 3.8) is 0 Å². The van der Waals surface area contributed by atoms with E-state index < -0.39 is 0 Å². The summed E-state index contributed by atoms with van der Waals surface area (Å²) in [5, 5.41) is 5.84. The number of hydrogen-bond acceptors (Lipinski definition) is 6. The van der Waals surface area contributed by atoms with Crippen LogP contribution in [0.2, 0.25) is 0 Å². The molecule has 0 unspecified atom stereocenters. The molecule has 2 saturated heterocycles. The first-order valence-corrected chi connectivity index (χ1v) is 9.88. The largest absolute Gasteiger partial charge is 0.483 e. The van der Waals surface area contributed by atoms with Crippen LogP contribution >= 0.6 is 0 Å². The van der Waals surface area contributed by atoms with E-state index in [2.05, 4.69) is 20.6 Å². The van der Waals surface area contributed by atoms with E-state index in [1.807, 2.05) is 38.1 Å². The standard InChI is InChI=1S/C21H26N4O4/c1-13-5-3-9-23-15(13)7-10-24-21(26)25-16-11-27-20-18(12-28-19(16)20)29-17-6-4-8-22-14(17)2/h3-6,8-9,16,18-20H,7,10-12H2,1-2H3,(H2,24,25,26)/t16-,18-,19+,20+/m0/s1. The molecule has 8 heteroatoms. The maximum absolute atomic E-state index is 12.3. The molecule has 0 bridgehead atoms. The lowest BCUT2D eigenvalue weighted by atomic mass is 10.1. The minimum absolute atomic E-state index is 0.208. The molecule has 29 heavy (non-hydrogen) atoms. The van der Waals surface area contributed by atoms with Gasteiger partial charge in [0.2, 0.25) is 0 Å². The fourth-order valence-corrected chi connectivity index (χ4v) is 3.74. The number of ether oxygens (including phenoxy) is 3. The Labute approximate surface area is 170 Å². The Kier molecular flexibility index (Phi) is 5.92. The van der Waals surface area contributed by atoms with Crippen molar-refractivity contribution in [1.29, 1.82) is 0 Å². The Morgan fingerprint density at radius 1 is 1.14 bits per heavy atom. The highest BCUT2D eigenvalue weighted by molar-refractivity contribution is 5.74. The summed E-state index contributed by atoms with van der Waals surface area (Å²) < 4.78 is 17.8. The normalized spacial score (nSPS) is 25.4. The minimum Gasteiger partial charge on any atom is -0.483 e. The first-order chi connectivity index (χ1) is 14.1. The van der Waals surface area contributed by atoms with Gasteiger partial charge in [-0.1, -0.05) is 6.07 Å². The maximum atomic E-state index is 12.3. The first kappa shape index (κ1) is 19.6. The van der Waals surface area contributed by atoms with Gasteiger partial charge in [-0.05, 0) is 37.6 Å². The summed E-state index contributed by atoms with van der Waals surface area (Å²) in [7, 11) is 0. The molecular formula is C21H26N4O4. The molecule has 4 rings (SSSR count). The average Bonchev–Trinajstić information content (AvgIpc) is 3.29. The maximum Gasteiger partial charge on any atom is 0.315 e. The molecule has 0 saturated carbocycles. The highest BCUT2D eigenvalue weighted by atomic mass is 16.6. The second kappa shape index (κ2) is 8.75. The molecule has 4 atom stereocenters. The molecule has 2 aliphatic heterocycles. The molecule has 154 valence electrons. The van der Waals surface area contributed by atoms with Crippen molar-refractivity contribution < 1.29 is 19.0 Å². The van der Waals surface area contributed by atoms with Crippen molar-refractivity contribution in [3.8, 4) is 5.75 Å². The topological polar surface area (TPSA) is 94.6 Å². The Morgan fingerprint density at radius 3 is 2.76 bits per heavy atom. The van der Waals surface area contributed by atoms with Crippen molar-refractivity contribution in [2.45, 2.75) is 44.6 Å². The molecule has 0 spiro atoms. The minimum atomic E-state index is -0.232. The quantitative estimate of drug-likeness (QED) is 0.767. The number of aromatic nitrogens is 2. The number of amides is 2. The third kappa shape index (κ3) is 4.49. The van der Waals surface area contributed by atoms with E-state index in [-0.39, 0.29) is 30.4 Å². The molecule has 0 radical (unpaired) electrons. The van der Waals surface area contributed by atoms with E-state index in [9.17, 15) is 4.79 Å². The van der Waals surface area contributed by atoms with Gasteiger partial charge in [0.25, 0.3) is 0 Å². The van der Waals surface area contributed by atoms with Gasteiger partial charge < -0.3 is 24.8 Å². The Hall–Kier alpha value is -2.71. The number of urea groups is 1. The summed E-state index contributed by atoms with van der Waals surface area (Å²) in [6, 6.07) is 7.21. The summed E-state index contributed by atoms with van der Waals surface area (Å²) in [5.74, 6) is 0.726. The van der Waals surface area contributed by atoms with Crippen molar-refractivity contribution in [2.75, 3.05) is 19.8 Å². The first-order valence-electron chi connectivity index (χ1n) is 9.88. The molecule has 2 amide bonds. The fraction of sp³-hybridized carbons (Fsp3) is 0.476. The van der Waals surface area contributed by atoms with Crippen LogP contribution in [0.15, 0.2) is 36.7 Å². The summed E-state index contributed by atoms with van der Waals surface area (Å²) >= 11 is 0. The lowest BCUT2D eigenvalue weighted by Gasteiger charge is -2.19. The van der Waals surface area contributed by atoms with Crippen molar-refractivity contribution in [2.24, 2.45) is 0 Å². The number of hydrogen-bond donors (Lipinski definition) is 2. The summed E-state index contributed by atoms with van der Waals surface area (Å²) in [4.78, 5) is 20.9. The van der Waals surface area contributed by atoms with Crippen LogP contribution < -0.4 is 15.4 Å². The molecule has 2 aliphatic rings. The highest BCUT2D eigenvalue weighted by Gasteiger charge is 2.49. The second-order valence-corrected chi connectivity index (χ2v) is 7.36. The highest BCUT2D eigenvalue weighted by Crippen LogP contribution is 2.30. The smallest absolute Gasteiger partial charge is 0.315 e. The van der Waals surface area contributed by atoms with Gasteiger partial charge in [-0.3, -0.25) is 9.97 Å². The third-order valence-electron chi connectivity index (χ3n) is 5.33. The number of carbonyl (C=O) groups is 1. The van der Waals surface area contributed by atoms with E-state index in [1.165, 1.54) is 0 Å². The zero-order valence-corrected chi connectivity index (χ0v) is 16.6. The average molecular weight is 398 g/mol. The van der Waals surface area contributed by atoms with Crippen LogP contribution in [-0.4, -0.2) is 60.1 Å². The number of aryl methyl sites for hydroxylation is 2. The van der Waals surface area contributed by atoms with Gasteiger partial charge in [-0.15, -0.1) is 0 Å². The van der Waals surface area contributed by atoms with Crippen LogP contribution in [0.5, 0.6) is 5.75 Å². The van der Waals surface area contributed by atoms with Crippen molar-refractivity contribution in [3.05, 3.63) is 53.6 Å². The Bertz CT molecular complexity index is 862. The number of nitrogens with zero attached hydrogens (tertiary/aromatic N) is 2. The Morgan fingerprint density at radius 2 is 1.93 bits per heavy atom. The number of fused-ring (bicyclic) bond motifs is 1. The van der Waals surface area contributed by atoms with E-state index in [0.717, 1.165) is 22.7 Å². The summed E-state index contributed by atoms with van der Waals surface area (Å²) in [6.07, 6.45) is 3.53. The Balaban J connectivity index is 1.25. The van der Waals surface area contributed by atoms with Gasteiger partial charge in [0.1, 0.15) is 18.0 Å². The van der Waals surface area contributed by atoms with Crippen LogP contribution in [0.1, 0.15) is 17.0 Å². The molecule has 2 aromatic heterocycles. The molecule has 2 fully saturated rings. The van der Waals surface area contributed by atoms with Gasteiger partial charge in [0, 0.05) is 31.1 Å². The van der Waals surface area contributed by atoms with E-state index in [4.69, 9.17) is 14.2 Å². The zero-order valence-electron chi connectivity index (χ0n) is 16.6. The van der Waals surface area contributed by atoms with Gasteiger partial charge >= 0.3 is 6.03 Å². The van der Waals surface area contributed by atoms with Gasteiger partial charge in [-0.2, -0.15) is 0 Å². The lowest BCUT2D eigenvalue weighted by molar-refractivity contribution is 0.0299. The number of pyridine rings is 2. The van der Waals surface area contributed by atoms with E-state index >= 15 is 0 Å². The monoisotopic (exact) mass is 398 g/mol. The lowest BCUT2D eigenvalue weighted by Crippen LogP contribution is -2.48. The van der Waals surface area contributed by atoms with Crippen molar-refractivity contribution in [1.82, 2.24) is 20.6 Å². The number of nitrogens with one attached hydrogen (secondary N) is 2. The zero-order chi connectivity index (χ0) is 20.2. The fourth-order valence-electron chi connectivity index (χ4n) is 3.74. The molecule has 2 aromatic rings. The van der Waals surface area contributed by atoms with Crippen molar-refractivity contribution >= 4 is 6.03 Å². The third-order valence-corrected chi connectivity index (χ3v) is 5.33. The van der Waals surface area contributed by atoms with Crippen LogP contribution in [0, 0.1) is 13.8 Å². The van der Waals surface area contributed by atoms with E-state index in [0.29, 0.717) is 26.2 Å². The predicted octanol–water partition coefficient (Wildman–Crippen LogP) is 1.55. The summed E-state index contributed by atoms with van der Waals surface area (Å²) in [5.41, 5.74) is 2.93. The SMILES string of the molecule is Cc1cccnc1CCNC(=O)N[C@H]1CO[C@H]2[C@@H]1OC[C@@H]2Oc1cccnc1C. The summed E-state index contributed by atoms with van der Waals surface area (Å²) in [6.45, 7) is 5.25. The van der Waals surface area contributed by atoms with Gasteiger partial charge in [0.05, 0.1) is 24.9 Å². The molecule has 8 nitrogen and oxygen atoms in total. The van der Waals surface area contributed by atoms with Crippen LogP contribution in [0.25, 0.3) is 0 Å². The van der Waals surface area contributed by atoms with Gasteiger partial charge in [0.15, 0.2) is 6.10 Å². The number of carbonyl (C=O) groups excluding carboxylic acids is 1. The molecule has 0 aliphatic carbocycles. The molecule has 0 aromatic carbocycles. The molecule has 4 heterocycles. The van der Waals surface area contributed by atoms with Gasteiger partial charge in [-0.25, -0.2) is 4.79 Å². The van der Waals surface area contributed by atoms with Crippen LogP contribution in [-0.2, 0) is 15.9 Å². The van der Waals surface area contributed by atoms with Crippen LogP contribution in [0.3, 0.4) is 0 Å².